The molecule has 16 heavy (non-hydrogen) atoms. The first-order chi connectivity index (χ1) is 7.46. The van der Waals surface area contributed by atoms with Crippen molar-refractivity contribution in [2.24, 2.45) is 0 Å². The Labute approximate surface area is 88.9 Å². The quantitative estimate of drug-likeness (QED) is 0.810. The molecule has 2 rings (SSSR count). The van der Waals surface area contributed by atoms with Gasteiger partial charge in [0.15, 0.2) is 0 Å². The van der Waals surface area contributed by atoms with Gasteiger partial charge in [-0.1, -0.05) is 18.2 Å². The Morgan fingerprint density at radius 1 is 1.06 bits per heavy atom. The number of phenols is 1. The number of fused-ring (bicyclic) bond motifs is 1. The number of alkyl halides is 3. The average Bonchev–Trinajstić information content (AvgIpc) is 2.17. The molecule has 0 aliphatic heterocycles. The largest absolute Gasteiger partial charge is 0.573 e. The first-order valence-corrected chi connectivity index (χ1v) is 4.43. The van der Waals surface area contributed by atoms with Crippen LogP contribution >= 0.6 is 0 Å². The summed E-state index contributed by atoms with van der Waals surface area (Å²) in [4.78, 5) is 0. The lowest BCUT2D eigenvalue weighted by Gasteiger charge is -2.11. The number of ether oxygens (including phenoxy) is 1. The molecule has 0 aromatic heterocycles. The summed E-state index contributed by atoms with van der Waals surface area (Å²) < 4.78 is 40.1. The van der Waals surface area contributed by atoms with E-state index in [4.69, 9.17) is 0 Å². The van der Waals surface area contributed by atoms with E-state index in [0.717, 1.165) is 0 Å². The van der Waals surface area contributed by atoms with Crippen LogP contribution in [0.1, 0.15) is 0 Å². The smallest absolute Gasteiger partial charge is 0.508 e. The van der Waals surface area contributed by atoms with Crippen LogP contribution in [0, 0.1) is 0 Å². The molecule has 0 unspecified atom stereocenters. The molecule has 0 bridgehead atoms. The predicted molar refractivity (Wildman–Crippen MR) is 52.3 cm³/mol. The Morgan fingerprint density at radius 2 is 1.81 bits per heavy atom. The van der Waals surface area contributed by atoms with E-state index in [0.29, 0.717) is 5.39 Å². The molecule has 0 aliphatic rings. The van der Waals surface area contributed by atoms with Crippen molar-refractivity contribution in [3.8, 4) is 11.5 Å². The third-order valence-corrected chi connectivity index (χ3v) is 2.05. The fourth-order valence-electron chi connectivity index (χ4n) is 1.45. The molecule has 0 saturated carbocycles. The van der Waals surface area contributed by atoms with Crippen LogP contribution in [0.4, 0.5) is 13.2 Å². The summed E-state index contributed by atoms with van der Waals surface area (Å²) in [5.41, 5.74) is 0. The molecule has 2 nitrogen and oxygen atoms in total. The highest BCUT2D eigenvalue weighted by Crippen LogP contribution is 2.32. The summed E-state index contributed by atoms with van der Waals surface area (Å²) in [5.74, 6) is -0.424. The van der Waals surface area contributed by atoms with Gasteiger partial charge in [0.05, 0.1) is 0 Å². The third kappa shape index (κ3) is 2.18. The van der Waals surface area contributed by atoms with Crippen molar-refractivity contribution in [2.75, 3.05) is 0 Å². The first-order valence-electron chi connectivity index (χ1n) is 4.43. The minimum Gasteiger partial charge on any atom is -0.508 e. The number of hydrogen-bond acceptors (Lipinski definition) is 2. The molecule has 0 radical (unpaired) electrons. The molecule has 1 N–H and O–H groups in total. The number of rotatable bonds is 1. The van der Waals surface area contributed by atoms with E-state index in [1.165, 1.54) is 30.3 Å². The van der Waals surface area contributed by atoms with Gasteiger partial charge in [-0.25, -0.2) is 0 Å². The molecular weight excluding hydrogens is 221 g/mol. The molecule has 0 heterocycles. The van der Waals surface area contributed by atoms with E-state index in [1.807, 2.05) is 0 Å². The van der Waals surface area contributed by atoms with E-state index in [9.17, 15) is 18.3 Å². The van der Waals surface area contributed by atoms with Gasteiger partial charge in [-0.2, -0.15) is 0 Å². The zero-order valence-corrected chi connectivity index (χ0v) is 7.95. The van der Waals surface area contributed by atoms with Crippen molar-refractivity contribution >= 4 is 10.8 Å². The van der Waals surface area contributed by atoms with E-state index in [-0.39, 0.29) is 16.9 Å². The van der Waals surface area contributed by atoms with E-state index >= 15 is 0 Å². The van der Waals surface area contributed by atoms with Crippen LogP contribution in [0.2, 0.25) is 0 Å². The molecule has 2 aromatic carbocycles. The zero-order valence-electron chi connectivity index (χ0n) is 7.95. The Morgan fingerprint density at radius 3 is 2.50 bits per heavy atom. The Kier molecular flexibility index (Phi) is 2.38. The van der Waals surface area contributed by atoms with Gasteiger partial charge in [0.25, 0.3) is 0 Å². The zero-order chi connectivity index (χ0) is 11.8. The standard InChI is InChI=1S/C11H7F3O2/c12-11(13,14)16-10-3-1-2-7-4-5-8(15)6-9(7)10/h1-6,15H. The van der Waals surface area contributed by atoms with Crippen LogP contribution in [0.5, 0.6) is 11.5 Å². The second-order valence-corrected chi connectivity index (χ2v) is 3.21. The molecule has 0 spiro atoms. The fourth-order valence-corrected chi connectivity index (χ4v) is 1.45. The SMILES string of the molecule is Oc1ccc2cccc(OC(F)(F)F)c2c1. The molecule has 84 valence electrons. The van der Waals surface area contributed by atoms with Crippen molar-refractivity contribution in [3.05, 3.63) is 36.4 Å². The van der Waals surface area contributed by atoms with Gasteiger partial charge in [-0.15, -0.1) is 13.2 Å². The monoisotopic (exact) mass is 228 g/mol. The van der Waals surface area contributed by atoms with Gasteiger partial charge < -0.3 is 9.84 Å². The summed E-state index contributed by atoms with van der Waals surface area (Å²) in [6.45, 7) is 0. The lowest BCUT2D eigenvalue weighted by atomic mass is 10.1. The summed E-state index contributed by atoms with van der Waals surface area (Å²) in [6, 6.07) is 8.46. The number of benzene rings is 2. The summed E-state index contributed by atoms with van der Waals surface area (Å²) >= 11 is 0. The van der Waals surface area contributed by atoms with Gasteiger partial charge in [-0.3, -0.25) is 0 Å². The highest BCUT2D eigenvalue weighted by atomic mass is 19.4. The minimum absolute atomic E-state index is 0.106. The highest BCUT2D eigenvalue weighted by molar-refractivity contribution is 5.89. The molecule has 5 heteroatoms. The summed E-state index contributed by atoms with van der Waals surface area (Å²) in [6.07, 6.45) is -4.74. The van der Waals surface area contributed by atoms with Crippen LogP contribution in [-0.2, 0) is 0 Å². The lowest BCUT2D eigenvalue weighted by Crippen LogP contribution is -2.17. The van der Waals surface area contributed by atoms with Crippen LogP contribution in [-0.4, -0.2) is 11.5 Å². The first kappa shape index (κ1) is 10.6. The highest BCUT2D eigenvalue weighted by Gasteiger charge is 2.31. The van der Waals surface area contributed by atoms with Crippen LogP contribution < -0.4 is 4.74 Å². The maximum Gasteiger partial charge on any atom is 0.573 e. The normalized spacial score (nSPS) is 11.7. The third-order valence-electron chi connectivity index (χ3n) is 2.05. The molecule has 0 amide bonds. The van der Waals surface area contributed by atoms with Crippen molar-refractivity contribution < 1.29 is 23.0 Å². The van der Waals surface area contributed by atoms with Gasteiger partial charge in [0.1, 0.15) is 11.5 Å². The lowest BCUT2D eigenvalue weighted by molar-refractivity contribution is -0.274. The number of halogens is 3. The topological polar surface area (TPSA) is 29.5 Å². The van der Waals surface area contributed by atoms with Gasteiger partial charge in [-0.05, 0) is 23.6 Å². The average molecular weight is 228 g/mol. The fraction of sp³-hybridized carbons (Fsp3) is 0.0909. The maximum atomic E-state index is 12.1. The molecule has 0 atom stereocenters. The van der Waals surface area contributed by atoms with E-state index < -0.39 is 6.36 Å². The predicted octanol–water partition coefficient (Wildman–Crippen LogP) is 3.44. The molecule has 0 saturated heterocycles. The summed E-state index contributed by atoms with van der Waals surface area (Å²) in [5, 5.41) is 10.0. The van der Waals surface area contributed by atoms with Crippen LogP contribution in [0.25, 0.3) is 10.8 Å². The van der Waals surface area contributed by atoms with Crippen LogP contribution in [0.15, 0.2) is 36.4 Å². The minimum atomic E-state index is -4.74. The van der Waals surface area contributed by atoms with E-state index in [1.54, 1.807) is 6.07 Å². The number of aromatic hydroxyl groups is 1. The van der Waals surface area contributed by atoms with Crippen molar-refractivity contribution in [3.63, 3.8) is 0 Å². The Bertz CT molecular complexity index is 520. The molecular formula is C11H7F3O2. The maximum absolute atomic E-state index is 12.1. The Hall–Kier alpha value is -1.91. The summed E-state index contributed by atoms with van der Waals surface area (Å²) in [7, 11) is 0. The van der Waals surface area contributed by atoms with Gasteiger partial charge in [0, 0.05) is 5.39 Å². The Balaban J connectivity index is 2.56. The van der Waals surface area contributed by atoms with Crippen molar-refractivity contribution in [1.29, 1.82) is 0 Å². The molecule has 0 aliphatic carbocycles. The molecule has 2 aromatic rings. The molecule has 0 fully saturated rings. The number of hydrogen-bond donors (Lipinski definition) is 1. The van der Waals surface area contributed by atoms with Crippen molar-refractivity contribution in [1.82, 2.24) is 0 Å². The van der Waals surface area contributed by atoms with Gasteiger partial charge >= 0.3 is 6.36 Å². The second kappa shape index (κ2) is 3.59. The number of phenolic OH excluding ortho intramolecular Hbond substituents is 1. The van der Waals surface area contributed by atoms with E-state index in [2.05, 4.69) is 4.74 Å². The van der Waals surface area contributed by atoms with Crippen molar-refractivity contribution in [2.45, 2.75) is 6.36 Å². The van der Waals surface area contributed by atoms with Gasteiger partial charge in [0.2, 0.25) is 0 Å². The van der Waals surface area contributed by atoms with Crippen LogP contribution in [0.3, 0.4) is 0 Å². The second-order valence-electron chi connectivity index (χ2n) is 3.21.